The Bertz CT molecular complexity index is 2860. The number of benzene rings is 7. The van der Waals surface area contributed by atoms with Gasteiger partial charge in [-0.15, -0.1) is 0 Å². The molecule has 0 amide bonds. The van der Waals surface area contributed by atoms with Crippen molar-refractivity contribution in [2.75, 3.05) is 16.0 Å². The lowest BCUT2D eigenvalue weighted by Gasteiger charge is -2.26. The van der Waals surface area contributed by atoms with E-state index in [1.807, 2.05) is 78.9 Å². The van der Waals surface area contributed by atoms with E-state index in [2.05, 4.69) is 130 Å². The third kappa shape index (κ3) is 10.8. The van der Waals surface area contributed by atoms with E-state index in [-0.39, 0.29) is 10.8 Å². The van der Waals surface area contributed by atoms with Gasteiger partial charge in [0.25, 0.3) is 0 Å². The van der Waals surface area contributed by atoms with Crippen LogP contribution in [0.4, 0.5) is 34.9 Å². The number of carbonyl (C=O) groups is 2. The number of nitrogens with zero attached hydrogens (tertiary/aromatic N) is 3. The molecule has 67 heavy (non-hydrogen) atoms. The smallest absolute Gasteiger partial charge is 0.335 e. The van der Waals surface area contributed by atoms with E-state index in [0.29, 0.717) is 29.3 Å². The van der Waals surface area contributed by atoms with Gasteiger partial charge >= 0.3 is 11.9 Å². The molecule has 0 bridgehead atoms. The van der Waals surface area contributed by atoms with Gasteiger partial charge in [0.05, 0.1) is 0 Å². The molecule has 0 saturated heterocycles. The van der Waals surface area contributed by atoms with Gasteiger partial charge in [0.15, 0.2) is 0 Å². The molecule has 1 aromatic heterocycles. The van der Waals surface area contributed by atoms with Crippen LogP contribution < -0.4 is 25.4 Å². The molecule has 8 aromatic rings. The van der Waals surface area contributed by atoms with Crippen molar-refractivity contribution in [2.45, 2.75) is 38.5 Å². The summed E-state index contributed by atoms with van der Waals surface area (Å²) in [5.74, 6) is 0.946. The van der Waals surface area contributed by atoms with Crippen molar-refractivity contribution in [3.05, 3.63) is 223 Å². The van der Waals surface area contributed by atoms with Crippen LogP contribution in [0.15, 0.2) is 201 Å². The van der Waals surface area contributed by atoms with E-state index < -0.39 is 11.9 Å². The molecule has 0 aliphatic carbocycles. The third-order valence-corrected chi connectivity index (χ3v) is 11.7. The van der Waals surface area contributed by atoms with Crippen molar-refractivity contribution < 1.29 is 19.1 Å². The van der Waals surface area contributed by atoms with Gasteiger partial charge in [-0.2, -0.15) is 15.0 Å². The lowest BCUT2D eigenvalue weighted by Crippen LogP contribution is -2.19. The highest BCUT2D eigenvalue weighted by Crippen LogP contribution is 2.36. The van der Waals surface area contributed by atoms with E-state index in [1.165, 1.54) is 11.1 Å². The van der Waals surface area contributed by atoms with Gasteiger partial charge in [0.2, 0.25) is 17.8 Å². The van der Waals surface area contributed by atoms with Crippen molar-refractivity contribution >= 4 is 46.8 Å². The fourth-order valence-corrected chi connectivity index (χ4v) is 7.63. The lowest BCUT2D eigenvalue weighted by molar-refractivity contribution is -0.129. The second-order valence-electron chi connectivity index (χ2n) is 16.9. The fraction of sp³-hybridized carbons (Fsp3) is 0.105. The van der Waals surface area contributed by atoms with Crippen molar-refractivity contribution in [1.29, 1.82) is 0 Å². The van der Waals surface area contributed by atoms with E-state index in [1.54, 1.807) is 24.3 Å². The summed E-state index contributed by atoms with van der Waals surface area (Å²) in [5.41, 5.74) is 10.5. The summed E-state index contributed by atoms with van der Waals surface area (Å²) in [4.78, 5) is 37.7. The topological polar surface area (TPSA) is 127 Å². The zero-order valence-corrected chi connectivity index (χ0v) is 37.8. The average Bonchev–Trinajstić information content (AvgIpc) is 3.35. The Morgan fingerprint density at radius 1 is 0.403 bits per heavy atom. The first-order valence-electron chi connectivity index (χ1n) is 21.8. The highest BCUT2D eigenvalue weighted by Gasteiger charge is 2.25. The van der Waals surface area contributed by atoms with Crippen LogP contribution in [0.1, 0.15) is 49.9 Å². The minimum Gasteiger partial charge on any atom is -0.423 e. The first kappa shape index (κ1) is 45.0. The molecule has 0 fully saturated rings. The van der Waals surface area contributed by atoms with Gasteiger partial charge in [0.1, 0.15) is 11.5 Å². The second kappa shape index (κ2) is 19.6. The SMILES string of the molecule is C=CC(=O)Oc1ccc(C(C)(C)c2ccc(Nc3nc(Nc4ccc(-c5ccc(-c6ccccc6)cc5)cc4)nc(Nc4ccc(C(C)(C)c5ccc(OC(=O)C=C)cc5)cc4)n3)cc2)cc1. The Balaban J connectivity index is 1.02. The van der Waals surface area contributed by atoms with Crippen LogP contribution in [0.5, 0.6) is 11.5 Å². The number of anilines is 6. The van der Waals surface area contributed by atoms with E-state index in [9.17, 15) is 9.59 Å². The molecule has 10 nitrogen and oxygen atoms in total. The molecule has 7 aromatic carbocycles. The molecule has 0 spiro atoms. The average molecular weight is 883 g/mol. The quantitative estimate of drug-likeness (QED) is 0.0490. The molecule has 0 aliphatic rings. The Hall–Kier alpha value is -8.63. The van der Waals surface area contributed by atoms with Gasteiger partial charge in [-0.3, -0.25) is 0 Å². The Kier molecular flexibility index (Phi) is 13.2. The molecule has 10 heteroatoms. The molecule has 0 atom stereocenters. The zero-order valence-electron chi connectivity index (χ0n) is 37.8. The van der Waals surface area contributed by atoms with Crippen LogP contribution in [-0.4, -0.2) is 26.9 Å². The summed E-state index contributed by atoms with van der Waals surface area (Å²) < 4.78 is 10.5. The lowest BCUT2D eigenvalue weighted by atomic mass is 9.78. The fourth-order valence-electron chi connectivity index (χ4n) is 7.63. The van der Waals surface area contributed by atoms with Crippen LogP contribution in [-0.2, 0) is 20.4 Å². The summed E-state index contributed by atoms with van der Waals surface area (Å²) >= 11 is 0. The van der Waals surface area contributed by atoms with Gasteiger partial charge in [-0.1, -0.05) is 156 Å². The summed E-state index contributed by atoms with van der Waals surface area (Å²) in [5, 5.41) is 10.2. The van der Waals surface area contributed by atoms with E-state index in [0.717, 1.165) is 62.6 Å². The number of hydrogen-bond donors (Lipinski definition) is 3. The van der Waals surface area contributed by atoms with Gasteiger partial charge in [0, 0.05) is 40.0 Å². The van der Waals surface area contributed by atoms with Crippen molar-refractivity contribution in [2.24, 2.45) is 0 Å². The number of nitrogens with one attached hydrogen (secondary N) is 3. The maximum Gasteiger partial charge on any atom is 0.335 e. The molecule has 1 heterocycles. The first-order chi connectivity index (χ1) is 32.4. The molecule has 0 unspecified atom stereocenters. The van der Waals surface area contributed by atoms with Gasteiger partial charge in [-0.25, -0.2) is 9.59 Å². The number of carbonyl (C=O) groups excluding carboxylic acids is 2. The Morgan fingerprint density at radius 2 is 0.672 bits per heavy atom. The number of hydrogen-bond acceptors (Lipinski definition) is 10. The van der Waals surface area contributed by atoms with Crippen molar-refractivity contribution in [1.82, 2.24) is 15.0 Å². The Labute approximate surface area is 391 Å². The predicted molar refractivity (Wildman–Crippen MR) is 269 cm³/mol. The molecule has 332 valence electrons. The van der Waals surface area contributed by atoms with E-state index >= 15 is 0 Å². The number of aromatic nitrogens is 3. The number of esters is 2. The molecule has 0 saturated carbocycles. The first-order valence-corrected chi connectivity index (χ1v) is 21.8. The molecule has 0 radical (unpaired) electrons. The number of rotatable bonds is 16. The monoisotopic (exact) mass is 882 g/mol. The van der Waals surface area contributed by atoms with Crippen molar-refractivity contribution in [3.63, 3.8) is 0 Å². The predicted octanol–water partition coefficient (Wildman–Crippen LogP) is 13.3. The van der Waals surface area contributed by atoms with Gasteiger partial charge in [-0.05, 0) is 105 Å². The minimum atomic E-state index is -0.500. The molecular weight excluding hydrogens is 833 g/mol. The van der Waals surface area contributed by atoms with Crippen LogP contribution in [0.3, 0.4) is 0 Å². The second-order valence-corrected chi connectivity index (χ2v) is 16.9. The number of ether oxygens (including phenoxy) is 2. The molecular formula is C57H50N6O4. The summed E-state index contributed by atoms with van der Waals surface area (Å²) in [6, 6.07) is 58.3. The molecule has 0 aliphatic heterocycles. The summed E-state index contributed by atoms with van der Waals surface area (Å²) in [6.45, 7) is 15.5. The summed E-state index contributed by atoms with van der Waals surface area (Å²) in [6.07, 6.45) is 2.28. The zero-order chi connectivity index (χ0) is 47.0. The van der Waals surface area contributed by atoms with Crippen LogP contribution >= 0.6 is 0 Å². The standard InChI is InChI=1S/C57H50N6O4/c1-7-51(64)66-49-34-24-44(25-35-49)56(3,4)42-20-30-47(31-21-42)59-54-61-53(58-46-28-18-41(19-29-46)40-16-14-39(15-17-40)38-12-10-9-11-13-38)62-55(63-54)60-48-32-22-43(23-33-48)57(5,6)45-26-36-50(37-27-45)67-52(65)8-2/h7-37H,1-2H2,3-6H3,(H3,58,59,60,61,62,63). The maximum atomic E-state index is 11.7. The largest absolute Gasteiger partial charge is 0.423 e. The van der Waals surface area contributed by atoms with Crippen LogP contribution in [0, 0.1) is 0 Å². The van der Waals surface area contributed by atoms with Crippen LogP contribution in [0.25, 0.3) is 22.3 Å². The van der Waals surface area contributed by atoms with E-state index in [4.69, 9.17) is 24.4 Å². The highest BCUT2D eigenvalue weighted by atomic mass is 16.5. The normalized spacial score (nSPS) is 11.2. The third-order valence-electron chi connectivity index (χ3n) is 11.7. The minimum absolute atomic E-state index is 0.340. The van der Waals surface area contributed by atoms with Gasteiger partial charge < -0.3 is 25.4 Å². The molecule has 3 N–H and O–H groups in total. The molecule has 8 rings (SSSR count). The highest BCUT2D eigenvalue weighted by molar-refractivity contribution is 5.84. The Morgan fingerprint density at radius 3 is 0.985 bits per heavy atom. The van der Waals surface area contributed by atoms with Crippen LogP contribution in [0.2, 0.25) is 0 Å². The maximum absolute atomic E-state index is 11.7. The van der Waals surface area contributed by atoms with Crippen molar-refractivity contribution in [3.8, 4) is 33.8 Å². The summed E-state index contributed by atoms with van der Waals surface area (Å²) in [7, 11) is 0.